The van der Waals surface area contributed by atoms with Gasteiger partial charge in [-0.15, -0.1) is 0 Å². The molecule has 0 heterocycles. The summed E-state index contributed by atoms with van der Waals surface area (Å²) in [6.45, 7) is 2.30. The monoisotopic (exact) mass is 261 g/mol. The number of esters is 1. The highest BCUT2D eigenvalue weighted by Gasteiger charge is 2.26. The zero-order valence-corrected chi connectivity index (χ0v) is 11.6. The Hall–Kier alpha value is -1.51. The number of benzene rings is 1. The zero-order valence-electron chi connectivity index (χ0n) is 11.6. The molecule has 1 unspecified atom stereocenters. The quantitative estimate of drug-likeness (QED) is 0.795. The van der Waals surface area contributed by atoms with E-state index in [2.05, 4.69) is 5.32 Å². The minimum absolute atomic E-state index is 0.127. The van der Waals surface area contributed by atoms with Gasteiger partial charge in [-0.3, -0.25) is 0 Å². The summed E-state index contributed by atoms with van der Waals surface area (Å²) in [4.78, 5) is 12.1. The van der Waals surface area contributed by atoms with Gasteiger partial charge in [-0.25, -0.2) is 4.79 Å². The van der Waals surface area contributed by atoms with Crippen LogP contribution in [0.1, 0.15) is 39.0 Å². The lowest BCUT2D eigenvalue weighted by molar-refractivity contribution is -0.144. The smallest absolute Gasteiger partial charge is 0.328 e. The predicted molar refractivity (Wildman–Crippen MR) is 77.1 cm³/mol. The van der Waals surface area contributed by atoms with Gasteiger partial charge in [0.05, 0.1) is 6.61 Å². The van der Waals surface area contributed by atoms with Gasteiger partial charge in [0.15, 0.2) is 0 Å². The van der Waals surface area contributed by atoms with E-state index in [9.17, 15) is 4.79 Å². The number of nitrogens with one attached hydrogen (secondary N) is 1. The first kappa shape index (κ1) is 13.9. The Bertz CT molecular complexity index is 385. The Labute approximate surface area is 115 Å². The average molecular weight is 261 g/mol. The third-order valence-electron chi connectivity index (χ3n) is 3.73. The van der Waals surface area contributed by atoms with Gasteiger partial charge < -0.3 is 10.1 Å². The van der Waals surface area contributed by atoms with Gasteiger partial charge in [0.1, 0.15) is 6.04 Å². The molecule has 19 heavy (non-hydrogen) atoms. The fraction of sp³-hybridized carbons (Fsp3) is 0.562. The topological polar surface area (TPSA) is 38.3 Å². The summed E-state index contributed by atoms with van der Waals surface area (Å²) in [6.07, 6.45) is 5.96. The lowest BCUT2D eigenvalue weighted by Crippen LogP contribution is -2.33. The fourth-order valence-corrected chi connectivity index (χ4v) is 2.77. The van der Waals surface area contributed by atoms with Crippen LogP contribution >= 0.6 is 0 Å². The normalized spacial score (nSPS) is 17.1. The highest BCUT2D eigenvalue weighted by Crippen LogP contribution is 2.29. The minimum Gasteiger partial charge on any atom is -0.464 e. The van der Waals surface area contributed by atoms with Gasteiger partial charge in [0, 0.05) is 5.69 Å². The summed E-state index contributed by atoms with van der Waals surface area (Å²) in [5.74, 6) is 0.531. The fourth-order valence-electron chi connectivity index (χ4n) is 2.77. The van der Waals surface area contributed by atoms with E-state index in [1.165, 1.54) is 25.7 Å². The Morgan fingerprint density at radius 2 is 2.00 bits per heavy atom. The second kappa shape index (κ2) is 7.17. The van der Waals surface area contributed by atoms with Gasteiger partial charge in [-0.2, -0.15) is 0 Å². The van der Waals surface area contributed by atoms with Crippen LogP contribution in [0, 0.1) is 5.92 Å². The largest absolute Gasteiger partial charge is 0.464 e. The van der Waals surface area contributed by atoms with Gasteiger partial charge >= 0.3 is 5.97 Å². The third-order valence-corrected chi connectivity index (χ3v) is 3.73. The lowest BCUT2D eigenvalue weighted by atomic mass is 9.98. The maximum absolute atomic E-state index is 12.1. The SMILES string of the molecule is CCOC(=O)C(CC1CCCC1)Nc1ccccc1. The number of anilines is 1. The van der Waals surface area contributed by atoms with E-state index >= 15 is 0 Å². The summed E-state index contributed by atoms with van der Waals surface area (Å²) in [6, 6.07) is 9.68. The molecule has 0 amide bonds. The van der Waals surface area contributed by atoms with Crippen LogP contribution in [0.5, 0.6) is 0 Å². The van der Waals surface area contributed by atoms with Crippen LogP contribution in [0.2, 0.25) is 0 Å². The molecule has 0 bridgehead atoms. The molecule has 1 aliphatic rings. The van der Waals surface area contributed by atoms with Crippen molar-refractivity contribution in [2.45, 2.75) is 45.1 Å². The second-order valence-electron chi connectivity index (χ2n) is 5.20. The van der Waals surface area contributed by atoms with Crippen LogP contribution in [0.25, 0.3) is 0 Å². The summed E-state index contributed by atoms with van der Waals surface area (Å²) < 4.78 is 5.19. The summed E-state index contributed by atoms with van der Waals surface area (Å²) in [7, 11) is 0. The molecule has 0 saturated heterocycles. The van der Waals surface area contributed by atoms with E-state index in [4.69, 9.17) is 4.74 Å². The van der Waals surface area contributed by atoms with Crippen molar-refractivity contribution in [1.82, 2.24) is 0 Å². The molecule has 0 aliphatic heterocycles. The van der Waals surface area contributed by atoms with E-state index in [1.54, 1.807) is 0 Å². The molecule has 1 aliphatic carbocycles. The van der Waals surface area contributed by atoms with E-state index in [-0.39, 0.29) is 12.0 Å². The Kier molecular flexibility index (Phi) is 5.25. The standard InChI is InChI=1S/C16H23NO2/c1-2-19-16(18)15(12-13-8-6-7-9-13)17-14-10-4-3-5-11-14/h3-5,10-11,13,15,17H,2,6-9,12H2,1H3. The highest BCUT2D eigenvalue weighted by atomic mass is 16.5. The number of carbonyl (C=O) groups is 1. The highest BCUT2D eigenvalue weighted by molar-refractivity contribution is 5.79. The van der Waals surface area contributed by atoms with Crippen LogP contribution < -0.4 is 5.32 Å². The number of hydrogen-bond acceptors (Lipinski definition) is 3. The van der Waals surface area contributed by atoms with E-state index in [0.717, 1.165) is 12.1 Å². The average Bonchev–Trinajstić information content (AvgIpc) is 2.92. The number of rotatable bonds is 6. The van der Waals surface area contributed by atoms with Gasteiger partial charge in [-0.1, -0.05) is 43.9 Å². The van der Waals surface area contributed by atoms with Crippen LogP contribution in [0.3, 0.4) is 0 Å². The van der Waals surface area contributed by atoms with Crippen LogP contribution in [0.15, 0.2) is 30.3 Å². The molecule has 1 aromatic carbocycles. The van der Waals surface area contributed by atoms with Crippen molar-refractivity contribution in [3.05, 3.63) is 30.3 Å². The first-order chi connectivity index (χ1) is 9.29. The van der Waals surface area contributed by atoms with Crippen molar-refractivity contribution in [3.8, 4) is 0 Å². The summed E-state index contributed by atoms with van der Waals surface area (Å²) >= 11 is 0. The molecule has 0 spiro atoms. The van der Waals surface area contributed by atoms with Gasteiger partial charge in [-0.05, 0) is 31.4 Å². The maximum atomic E-state index is 12.1. The molecule has 1 aromatic rings. The maximum Gasteiger partial charge on any atom is 0.328 e. The molecule has 2 rings (SSSR count). The second-order valence-corrected chi connectivity index (χ2v) is 5.20. The van der Waals surface area contributed by atoms with E-state index in [0.29, 0.717) is 12.5 Å². The van der Waals surface area contributed by atoms with Gasteiger partial charge in [0.2, 0.25) is 0 Å². The molecular formula is C16H23NO2. The number of para-hydroxylation sites is 1. The Morgan fingerprint density at radius 1 is 1.32 bits per heavy atom. The predicted octanol–water partition coefficient (Wildman–Crippen LogP) is 3.61. The first-order valence-electron chi connectivity index (χ1n) is 7.28. The molecule has 0 radical (unpaired) electrons. The number of hydrogen-bond donors (Lipinski definition) is 1. The molecule has 0 aromatic heterocycles. The van der Waals surface area contributed by atoms with Crippen LogP contribution in [-0.2, 0) is 9.53 Å². The van der Waals surface area contributed by atoms with Crippen molar-refractivity contribution in [3.63, 3.8) is 0 Å². The molecule has 3 nitrogen and oxygen atoms in total. The van der Waals surface area contributed by atoms with E-state index in [1.807, 2.05) is 37.3 Å². The van der Waals surface area contributed by atoms with Crippen molar-refractivity contribution in [1.29, 1.82) is 0 Å². The van der Waals surface area contributed by atoms with Crippen LogP contribution in [0.4, 0.5) is 5.69 Å². The van der Waals surface area contributed by atoms with Crippen molar-refractivity contribution in [2.24, 2.45) is 5.92 Å². The third kappa shape index (κ3) is 4.27. The molecule has 1 atom stereocenters. The Balaban J connectivity index is 1.98. The molecule has 1 saturated carbocycles. The first-order valence-corrected chi connectivity index (χ1v) is 7.28. The molecule has 3 heteroatoms. The molecular weight excluding hydrogens is 238 g/mol. The Morgan fingerprint density at radius 3 is 2.63 bits per heavy atom. The summed E-state index contributed by atoms with van der Waals surface area (Å²) in [5.41, 5.74) is 0.985. The lowest BCUT2D eigenvalue weighted by Gasteiger charge is -2.21. The molecule has 104 valence electrons. The zero-order chi connectivity index (χ0) is 13.5. The van der Waals surface area contributed by atoms with Crippen LogP contribution in [-0.4, -0.2) is 18.6 Å². The number of carbonyl (C=O) groups excluding carboxylic acids is 1. The molecule has 1 fully saturated rings. The van der Waals surface area contributed by atoms with E-state index < -0.39 is 0 Å². The van der Waals surface area contributed by atoms with Crippen molar-refractivity contribution >= 4 is 11.7 Å². The van der Waals surface area contributed by atoms with Crippen molar-refractivity contribution < 1.29 is 9.53 Å². The summed E-state index contributed by atoms with van der Waals surface area (Å²) in [5, 5.41) is 3.32. The number of ether oxygens (including phenoxy) is 1. The van der Waals surface area contributed by atoms with Crippen molar-refractivity contribution in [2.75, 3.05) is 11.9 Å². The minimum atomic E-state index is -0.217. The molecule has 1 N–H and O–H groups in total. The van der Waals surface area contributed by atoms with Gasteiger partial charge in [0.25, 0.3) is 0 Å².